The second-order valence-electron chi connectivity index (χ2n) is 6.69. The van der Waals surface area contributed by atoms with Crippen LogP contribution in [0.5, 0.6) is 5.75 Å². The van der Waals surface area contributed by atoms with Crippen molar-refractivity contribution in [2.45, 2.75) is 44.6 Å². The first kappa shape index (κ1) is 12.7. The number of nitrogens with one attached hydrogen (secondary N) is 1. The fourth-order valence-electron chi connectivity index (χ4n) is 4.58. The molecule has 20 heavy (non-hydrogen) atoms. The molecule has 1 aromatic rings. The van der Waals surface area contributed by atoms with Gasteiger partial charge in [0, 0.05) is 12.5 Å². The highest BCUT2D eigenvalue weighted by atomic mass is 16.5. The molecule has 1 aliphatic heterocycles. The topological polar surface area (TPSA) is 47.3 Å². The molecule has 3 heteroatoms. The Balaban J connectivity index is 1.37. The summed E-state index contributed by atoms with van der Waals surface area (Å²) in [6.45, 7) is 0.844. The van der Waals surface area contributed by atoms with Gasteiger partial charge in [-0.15, -0.1) is 0 Å². The quantitative estimate of drug-likeness (QED) is 0.639. The van der Waals surface area contributed by atoms with E-state index >= 15 is 0 Å². The van der Waals surface area contributed by atoms with Crippen LogP contribution in [0.25, 0.3) is 0 Å². The van der Waals surface area contributed by atoms with E-state index in [0.717, 1.165) is 49.4 Å². The van der Waals surface area contributed by atoms with Crippen molar-refractivity contribution in [2.75, 3.05) is 6.61 Å². The van der Waals surface area contributed by atoms with Crippen molar-refractivity contribution in [3.8, 4) is 5.75 Å². The lowest BCUT2D eigenvalue weighted by molar-refractivity contribution is 0.356. The van der Waals surface area contributed by atoms with Gasteiger partial charge in [-0.05, 0) is 60.6 Å². The lowest BCUT2D eigenvalue weighted by Crippen LogP contribution is -2.38. The molecule has 108 valence electrons. The number of aryl methyl sites for hydroxylation is 1. The monoisotopic (exact) mass is 272 g/mol. The summed E-state index contributed by atoms with van der Waals surface area (Å²) in [4.78, 5) is 0. The summed E-state index contributed by atoms with van der Waals surface area (Å²) in [7, 11) is 0. The predicted molar refractivity (Wildman–Crippen MR) is 79.4 cm³/mol. The van der Waals surface area contributed by atoms with Gasteiger partial charge in [0.2, 0.25) is 0 Å². The van der Waals surface area contributed by atoms with Crippen LogP contribution in [0.2, 0.25) is 0 Å². The third-order valence-corrected chi connectivity index (χ3v) is 5.65. The molecule has 2 aliphatic carbocycles. The Hall–Kier alpha value is -1.06. The largest absolute Gasteiger partial charge is 0.493 e. The number of benzene rings is 1. The molecule has 3 unspecified atom stereocenters. The van der Waals surface area contributed by atoms with Crippen molar-refractivity contribution in [1.82, 2.24) is 5.43 Å². The first-order valence-corrected chi connectivity index (χ1v) is 8.07. The maximum Gasteiger partial charge on any atom is 0.122 e. The Bertz CT molecular complexity index is 492. The zero-order chi connectivity index (χ0) is 13.5. The third-order valence-electron chi connectivity index (χ3n) is 5.65. The molecular weight excluding hydrogens is 248 g/mol. The Kier molecular flexibility index (Phi) is 3.20. The van der Waals surface area contributed by atoms with Gasteiger partial charge in [0.05, 0.1) is 6.61 Å². The molecule has 3 N–H and O–H groups in total. The summed E-state index contributed by atoms with van der Waals surface area (Å²) in [5, 5.41) is 0. The minimum atomic E-state index is 0.509. The molecule has 0 spiro atoms. The molecule has 0 amide bonds. The average molecular weight is 272 g/mol. The Morgan fingerprint density at radius 2 is 2.15 bits per heavy atom. The summed E-state index contributed by atoms with van der Waals surface area (Å²) in [6.07, 6.45) is 7.65. The maximum absolute atomic E-state index is 5.80. The van der Waals surface area contributed by atoms with E-state index in [0.29, 0.717) is 6.04 Å². The first-order valence-electron chi connectivity index (χ1n) is 8.07. The van der Waals surface area contributed by atoms with Crippen molar-refractivity contribution >= 4 is 0 Å². The average Bonchev–Trinajstić information content (AvgIpc) is 2.89. The Morgan fingerprint density at radius 1 is 1.30 bits per heavy atom. The Labute approximate surface area is 120 Å². The molecule has 3 nitrogen and oxygen atoms in total. The van der Waals surface area contributed by atoms with Gasteiger partial charge in [-0.2, -0.15) is 0 Å². The van der Waals surface area contributed by atoms with Gasteiger partial charge >= 0.3 is 0 Å². The number of hydrazine groups is 1. The predicted octanol–water partition coefficient (Wildman–Crippen LogP) is 2.43. The zero-order valence-corrected chi connectivity index (χ0v) is 12.0. The van der Waals surface area contributed by atoms with E-state index in [9.17, 15) is 0 Å². The molecule has 1 aromatic carbocycles. The summed E-state index contributed by atoms with van der Waals surface area (Å²) in [5.41, 5.74) is 5.90. The van der Waals surface area contributed by atoms with Crippen LogP contribution in [-0.4, -0.2) is 12.6 Å². The number of hydrogen-bond donors (Lipinski definition) is 2. The van der Waals surface area contributed by atoms with Crippen molar-refractivity contribution in [2.24, 2.45) is 23.6 Å². The molecule has 0 saturated heterocycles. The smallest absolute Gasteiger partial charge is 0.122 e. The van der Waals surface area contributed by atoms with Gasteiger partial charge in [-0.25, -0.2) is 0 Å². The standard InChI is InChI=1S/C17H24N2O/c18-19-15(17-13-2-1-3-14(13)17)6-4-11-5-7-16-12(10-11)8-9-20-16/h5,7,10,13-15,17,19H,1-4,6,8-9,18H2. The molecule has 0 aromatic heterocycles. The summed E-state index contributed by atoms with van der Waals surface area (Å²) < 4.78 is 5.57. The van der Waals surface area contributed by atoms with Crippen LogP contribution in [0.15, 0.2) is 18.2 Å². The highest BCUT2D eigenvalue weighted by Gasteiger charge is 2.55. The number of nitrogens with two attached hydrogens (primary N) is 1. The maximum atomic E-state index is 5.80. The van der Waals surface area contributed by atoms with Crippen molar-refractivity contribution < 1.29 is 4.74 Å². The highest BCUT2D eigenvalue weighted by molar-refractivity contribution is 5.39. The number of rotatable bonds is 5. The molecule has 1 heterocycles. The molecule has 0 radical (unpaired) electrons. The van der Waals surface area contributed by atoms with Crippen molar-refractivity contribution in [1.29, 1.82) is 0 Å². The molecule has 3 atom stereocenters. The Morgan fingerprint density at radius 3 is 2.95 bits per heavy atom. The normalized spacial score (nSPS) is 31.6. The second-order valence-corrected chi connectivity index (χ2v) is 6.69. The molecule has 0 bridgehead atoms. The van der Waals surface area contributed by atoms with E-state index in [2.05, 4.69) is 23.6 Å². The van der Waals surface area contributed by atoms with E-state index in [1.54, 1.807) is 0 Å². The van der Waals surface area contributed by atoms with E-state index in [1.807, 2.05) is 0 Å². The highest BCUT2D eigenvalue weighted by Crippen LogP contribution is 2.59. The fourth-order valence-corrected chi connectivity index (χ4v) is 4.58. The van der Waals surface area contributed by atoms with Gasteiger partial charge < -0.3 is 4.74 Å². The van der Waals surface area contributed by atoms with Gasteiger partial charge in [-0.3, -0.25) is 11.3 Å². The molecular formula is C17H24N2O. The summed E-state index contributed by atoms with van der Waals surface area (Å²) >= 11 is 0. The fraction of sp³-hybridized carbons (Fsp3) is 0.647. The summed E-state index contributed by atoms with van der Waals surface area (Å²) in [6, 6.07) is 7.18. The van der Waals surface area contributed by atoms with E-state index < -0.39 is 0 Å². The van der Waals surface area contributed by atoms with Crippen LogP contribution in [0.4, 0.5) is 0 Å². The van der Waals surface area contributed by atoms with Crippen LogP contribution >= 0.6 is 0 Å². The lowest BCUT2D eigenvalue weighted by Gasteiger charge is -2.18. The second kappa shape index (κ2) is 5.05. The van der Waals surface area contributed by atoms with Crippen LogP contribution in [0.1, 0.15) is 36.8 Å². The molecule has 4 rings (SSSR count). The van der Waals surface area contributed by atoms with Gasteiger partial charge in [0.15, 0.2) is 0 Å². The van der Waals surface area contributed by atoms with Crippen molar-refractivity contribution in [3.05, 3.63) is 29.3 Å². The van der Waals surface area contributed by atoms with E-state index in [-0.39, 0.29) is 0 Å². The third kappa shape index (κ3) is 2.13. The van der Waals surface area contributed by atoms with Gasteiger partial charge in [-0.1, -0.05) is 18.6 Å². The van der Waals surface area contributed by atoms with Crippen LogP contribution in [0, 0.1) is 17.8 Å². The van der Waals surface area contributed by atoms with Gasteiger partial charge in [0.25, 0.3) is 0 Å². The number of ether oxygens (including phenoxy) is 1. The van der Waals surface area contributed by atoms with Crippen molar-refractivity contribution in [3.63, 3.8) is 0 Å². The van der Waals surface area contributed by atoms with Crippen LogP contribution in [0.3, 0.4) is 0 Å². The lowest BCUT2D eigenvalue weighted by atomic mass is 9.97. The first-order chi connectivity index (χ1) is 9.86. The molecule has 2 saturated carbocycles. The number of hydrogen-bond acceptors (Lipinski definition) is 3. The zero-order valence-electron chi connectivity index (χ0n) is 12.0. The SMILES string of the molecule is NNC(CCc1ccc2c(c1)CCO2)C1C2CCCC21. The minimum absolute atomic E-state index is 0.509. The minimum Gasteiger partial charge on any atom is -0.493 e. The van der Waals surface area contributed by atoms with E-state index in [1.165, 1.54) is 30.4 Å². The number of fused-ring (bicyclic) bond motifs is 2. The van der Waals surface area contributed by atoms with Crippen LogP contribution < -0.4 is 16.0 Å². The van der Waals surface area contributed by atoms with Gasteiger partial charge in [0.1, 0.15) is 5.75 Å². The molecule has 3 aliphatic rings. The van der Waals surface area contributed by atoms with E-state index in [4.69, 9.17) is 10.6 Å². The summed E-state index contributed by atoms with van der Waals surface area (Å²) in [5.74, 6) is 9.69. The van der Waals surface area contributed by atoms with Crippen LogP contribution in [-0.2, 0) is 12.8 Å². The molecule has 2 fully saturated rings.